The number of rotatable bonds is 10. The van der Waals surface area contributed by atoms with Gasteiger partial charge in [-0.05, 0) is 30.1 Å². The molecule has 1 N–H and O–H groups in total. The van der Waals surface area contributed by atoms with Gasteiger partial charge in [0.05, 0.1) is 5.92 Å². The molecule has 0 radical (unpaired) electrons. The van der Waals surface area contributed by atoms with E-state index in [0.29, 0.717) is 17.3 Å². The van der Waals surface area contributed by atoms with Crippen molar-refractivity contribution in [1.82, 2.24) is 0 Å². The van der Waals surface area contributed by atoms with Gasteiger partial charge in [0.2, 0.25) is 0 Å². The molecule has 2 nitrogen and oxygen atoms in total. The molecule has 0 fully saturated rings. The molecule has 0 aliphatic rings. The van der Waals surface area contributed by atoms with Crippen LogP contribution in [0.1, 0.15) is 80.1 Å². The van der Waals surface area contributed by atoms with Crippen molar-refractivity contribution in [3.8, 4) is 0 Å². The van der Waals surface area contributed by atoms with E-state index in [1.54, 1.807) is 0 Å². The van der Waals surface area contributed by atoms with Crippen LogP contribution in [0.15, 0.2) is 0 Å². The van der Waals surface area contributed by atoms with Crippen molar-refractivity contribution in [3.63, 3.8) is 0 Å². The Balaban J connectivity index is 4.93. The minimum Gasteiger partial charge on any atom is -0.481 e. The third-order valence-corrected chi connectivity index (χ3v) is 5.51. The van der Waals surface area contributed by atoms with Crippen molar-refractivity contribution in [2.45, 2.75) is 80.1 Å². The highest BCUT2D eigenvalue weighted by molar-refractivity contribution is 5.69. The van der Waals surface area contributed by atoms with Crippen LogP contribution in [-0.4, -0.2) is 11.1 Å². The number of carboxylic acids is 1. The summed E-state index contributed by atoms with van der Waals surface area (Å²) in [5, 5.41) is 9.29. The molecule has 0 aromatic rings. The van der Waals surface area contributed by atoms with Gasteiger partial charge in [0.1, 0.15) is 0 Å². The molecule has 2 heteroatoms. The van der Waals surface area contributed by atoms with E-state index in [1.807, 2.05) is 6.92 Å². The van der Waals surface area contributed by atoms with Crippen molar-refractivity contribution >= 4 is 5.97 Å². The second-order valence-electron chi connectivity index (χ2n) is 6.38. The predicted octanol–water partition coefficient (Wildman–Crippen LogP) is 5.37. The van der Waals surface area contributed by atoms with Crippen LogP contribution in [0.4, 0.5) is 0 Å². The van der Waals surface area contributed by atoms with Crippen LogP contribution >= 0.6 is 0 Å². The van der Waals surface area contributed by atoms with Crippen LogP contribution in [-0.2, 0) is 4.79 Å². The summed E-state index contributed by atoms with van der Waals surface area (Å²) in [4.78, 5) is 11.3. The van der Waals surface area contributed by atoms with Crippen LogP contribution in [0.25, 0.3) is 0 Å². The summed E-state index contributed by atoms with van der Waals surface area (Å²) < 4.78 is 0. The van der Waals surface area contributed by atoms with Gasteiger partial charge in [-0.25, -0.2) is 0 Å². The van der Waals surface area contributed by atoms with E-state index in [-0.39, 0.29) is 5.92 Å². The first-order valence-corrected chi connectivity index (χ1v) is 8.08. The molecule has 0 aliphatic heterocycles. The summed E-state index contributed by atoms with van der Waals surface area (Å²) in [5.74, 6) is 0.342. The summed E-state index contributed by atoms with van der Waals surface area (Å²) in [7, 11) is 0. The van der Waals surface area contributed by atoms with Gasteiger partial charge >= 0.3 is 5.97 Å². The number of carbonyl (C=O) groups is 1. The minimum atomic E-state index is -0.620. The fourth-order valence-electron chi connectivity index (χ4n) is 3.21. The highest BCUT2D eigenvalue weighted by atomic mass is 16.4. The number of aliphatic carboxylic acids is 1. The molecule has 3 unspecified atom stereocenters. The van der Waals surface area contributed by atoms with Crippen LogP contribution in [0, 0.1) is 23.2 Å². The molecule has 3 atom stereocenters. The fraction of sp³-hybridized carbons (Fsp3) is 0.941. The monoisotopic (exact) mass is 270 g/mol. The number of hydrogen-bond acceptors (Lipinski definition) is 1. The Bertz CT molecular complexity index is 256. The Morgan fingerprint density at radius 1 is 1.16 bits per heavy atom. The standard InChI is InChI=1S/C17H34O2/c1-7-11-15(12-14(8-2)16(18)19)13(5)17(6,9-3)10-4/h13-15H,7-12H2,1-6H3,(H,18,19). The average Bonchev–Trinajstić information content (AvgIpc) is 2.41. The van der Waals surface area contributed by atoms with Crippen LogP contribution in [0.3, 0.4) is 0 Å². The first-order valence-electron chi connectivity index (χ1n) is 8.08. The molecule has 19 heavy (non-hydrogen) atoms. The predicted molar refractivity (Wildman–Crippen MR) is 82.3 cm³/mol. The van der Waals surface area contributed by atoms with E-state index in [0.717, 1.165) is 25.7 Å². The summed E-state index contributed by atoms with van der Waals surface area (Å²) in [6.45, 7) is 13.4. The van der Waals surface area contributed by atoms with E-state index >= 15 is 0 Å². The van der Waals surface area contributed by atoms with Crippen molar-refractivity contribution in [3.05, 3.63) is 0 Å². The van der Waals surface area contributed by atoms with Crippen molar-refractivity contribution < 1.29 is 9.90 Å². The lowest BCUT2D eigenvalue weighted by Crippen LogP contribution is -2.32. The topological polar surface area (TPSA) is 37.3 Å². The molecule has 0 aromatic heterocycles. The Morgan fingerprint density at radius 3 is 2.00 bits per heavy atom. The Morgan fingerprint density at radius 2 is 1.68 bits per heavy atom. The molecule has 0 bridgehead atoms. The SMILES string of the molecule is CCCC(CC(CC)C(=O)O)C(C)C(C)(CC)CC. The van der Waals surface area contributed by atoms with Gasteiger partial charge < -0.3 is 5.11 Å². The second-order valence-corrected chi connectivity index (χ2v) is 6.38. The van der Waals surface area contributed by atoms with E-state index in [1.165, 1.54) is 12.8 Å². The molecular formula is C17H34O2. The van der Waals surface area contributed by atoms with Crippen molar-refractivity contribution in [2.75, 3.05) is 0 Å². The zero-order valence-corrected chi connectivity index (χ0v) is 13.8. The summed E-state index contributed by atoms with van der Waals surface area (Å²) >= 11 is 0. The Labute approximate surface area is 120 Å². The van der Waals surface area contributed by atoms with Crippen LogP contribution in [0.5, 0.6) is 0 Å². The maximum absolute atomic E-state index is 11.3. The smallest absolute Gasteiger partial charge is 0.306 e. The summed E-state index contributed by atoms with van der Waals surface area (Å²) in [5.41, 5.74) is 0.344. The molecule has 0 amide bonds. The maximum atomic E-state index is 11.3. The zero-order valence-electron chi connectivity index (χ0n) is 13.8. The van der Waals surface area contributed by atoms with Gasteiger partial charge in [-0.15, -0.1) is 0 Å². The first-order chi connectivity index (χ1) is 8.86. The molecular weight excluding hydrogens is 236 g/mol. The number of carboxylic acid groups (broad SMARTS) is 1. The largest absolute Gasteiger partial charge is 0.481 e. The Hall–Kier alpha value is -0.530. The van der Waals surface area contributed by atoms with Crippen LogP contribution in [0.2, 0.25) is 0 Å². The molecule has 0 saturated carbocycles. The molecule has 0 spiro atoms. The van der Waals surface area contributed by atoms with Crippen molar-refractivity contribution in [1.29, 1.82) is 0 Å². The van der Waals surface area contributed by atoms with Gasteiger partial charge in [-0.2, -0.15) is 0 Å². The third-order valence-electron chi connectivity index (χ3n) is 5.51. The third kappa shape index (κ3) is 5.16. The van der Waals surface area contributed by atoms with E-state index in [9.17, 15) is 9.90 Å². The lowest BCUT2D eigenvalue weighted by molar-refractivity contribution is -0.142. The average molecular weight is 270 g/mol. The van der Waals surface area contributed by atoms with E-state index in [4.69, 9.17) is 0 Å². The molecule has 0 saturated heterocycles. The number of hydrogen-bond donors (Lipinski definition) is 1. The van der Waals surface area contributed by atoms with Gasteiger partial charge in [-0.3, -0.25) is 4.79 Å². The van der Waals surface area contributed by atoms with Crippen LogP contribution < -0.4 is 0 Å². The molecule has 0 heterocycles. The van der Waals surface area contributed by atoms with E-state index < -0.39 is 5.97 Å². The first kappa shape index (κ1) is 18.5. The van der Waals surface area contributed by atoms with Crippen molar-refractivity contribution in [2.24, 2.45) is 23.2 Å². The molecule has 0 rings (SSSR count). The highest BCUT2D eigenvalue weighted by Gasteiger charge is 2.34. The Kier molecular flexibility index (Phi) is 8.36. The molecule has 0 aromatic carbocycles. The summed E-state index contributed by atoms with van der Waals surface area (Å²) in [6.07, 6.45) is 6.24. The molecule has 0 aliphatic carbocycles. The van der Waals surface area contributed by atoms with Gasteiger partial charge in [0.15, 0.2) is 0 Å². The highest BCUT2D eigenvalue weighted by Crippen LogP contribution is 2.42. The fourth-order valence-corrected chi connectivity index (χ4v) is 3.21. The molecule has 114 valence electrons. The second kappa shape index (κ2) is 8.60. The van der Waals surface area contributed by atoms with Gasteiger partial charge in [0, 0.05) is 0 Å². The van der Waals surface area contributed by atoms with Gasteiger partial charge in [0.25, 0.3) is 0 Å². The zero-order chi connectivity index (χ0) is 15.1. The lowest BCUT2D eigenvalue weighted by Gasteiger charge is -2.40. The normalized spacial score (nSPS) is 16.9. The van der Waals surface area contributed by atoms with E-state index in [2.05, 4.69) is 34.6 Å². The van der Waals surface area contributed by atoms with Gasteiger partial charge in [-0.1, -0.05) is 67.2 Å². The minimum absolute atomic E-state index is 0.169. The summed E-state index contributed by atoms with van der Waals surface area (Å²) in [6, 6.07) is 0. The quantitative estimate of drug-likeness (QED) is 0.579. The maximum Gasteiger partial charge on any atom is 0.306 e. The lowest BCUT2D eigenvalue weighted by atomic mass is 9.65.